The van der Waals surface area contributed by atoms with Gasteiger partial charge in [-0.25, -0.2) is 0 Å². The Morgan fingerprint density at radius 1 is 0.908 bits per heavy atom. The molecule has 1 fully saturated rings. The monoisotopic (exact) mass is 929 g/mol. The molecule has 3 aromatic carbocycles. The van der Waals surface area contributed by atoms with Crippen molar-refractivity contribution >= 4 is 87.0 Å². The van der Waals surface area contributed by atoms with Crippen molar-refractivity contribution in [3.63, 3.8) is 0 Å². The number of nitriles is 1. The molecule has 342 valence electrons. The summed E-state index contributed by atoms with van der Waals surface area (Å²) < 4.78 is 17.2. The topological polar surface area (TPSA) is 225 Å². The van der Waals surface area contributed by atoms with E-state index in [9.17, 15) is 34.0 Å². The average Bonchev–Trinajstić information content (AvgIpc) is 3.57. The number of carbonyl (C=O) groups is 6. The highest BCUT2D eigenvalue weighted by molar-refractivity contribution is 6.37. The van der Waals surface area contributed by atoms with Crippen LogP contribution < -0.4 is 35.5 Å². The van der Waals surface area contributed by atoms with Crippen LogP contribution in [0.5, 0.6) is 17.2 Å². The van der Waals surface area contributed by atoms with Gasteiger partial charge < -0.3 is 45.2 Å². The number of amides is 5. The summed E-state index contributed by atoms with van der Waals surface area (Å²) in [5, 5.41) is 22.7. The summed E-state index contributed by atoms with van der Waals surface area (Å²) in [7, 11) is 4.49. The van der Waals surface area contributed by atoms with E-state index < -0.39 is 17.9 Å². The average molecular weight is 931 g/mol. The number of imide groups is 1. The van der Waals surface area contributed by atoms with E-state index in [2.05, 4.69) is 37.2 Å². The Hall–Kier alpha value is -6.68. The molecule has 0 aliphatic carbocycles. The highest BCUT2D eigenvalue weighted by Crippen LogP contribution is 2.40. The van der Waals surface area contributed by atoms with E-state index in [-0.39, 0.29) is 67.6 Å². The number of aldehydes is 1. The van der Waals surface area contributed by atoms with Gasteiger partial charge >= 0.3 is 0 Å². The van der Waals surface area contributed by atoms with E-state index in [0.717, 1.165) is 11.4 Å². The molecular weight excluding hydrogens is 881 g/mol. The molecule has 20 heteroatoms. The number of pyridine rings is 1. The summed E-state index contributed by atoms with van der Waals surface area (Å²) in [5.41, 5.74) is 2.47. The lowest BCUT2D eigenvalue weighted by Gasteiger charge is -2.34. The maximum Gasteiger partial charge on any atom is 0.264 e. The zero-order valence-corrected chi connectivity index (χ0v) is 37.6. The highest BCUT2D eigenvalue weighted by Gasteiger charge is 2.41. The van der Waals surface area contributed by atoms with Gasteiger partial charge in [0.25, 0.3) is 11.8 Å². The van der Waals surface area contributed by atoms with Crippen LogP contribution in [0.1, 0.15) is 58.4 Å². The fraction of sp³-hybridized carbons (Fsp3) is 0.378. The Morgan fingerprint density at radius 2 is 1.68 bits per heavy atom. The number of halogens is 2. The Bertz CT molecular complexity index is 2510. The van der Waals surface area contributed by atoms with E-state index in [1.54, 1.807) is 41.3 Å². The molecule has 2 aliphatic rings. The van der Waals surface area contributed by atoms with Crippen molar-refractivity contribution in [1.82, 2.24) is 30.3 Å². The lowest BCUT2D eigenvalue weighted by atomic mass is 10.1. The number of anilines is 3. The Morgan fingerprint density at radius 3 is 2.38 bits per heavy atom. The van der Waals surface area contributed by atoms with Crippen LogP contribution in [0.2, 0.25) is 10.0 Å². The number of hydrogen-bond acceptors (Lipinski definition) is 14. The molecule has 0 saturated carbocycles. The maximum absolute atomic E-state index is 13.3. The van der Waals surface area contributed by atoms with Gasteiger partial charge in [0.1, 0.15) is 18.1 Å². The summed E-state index contributed by atoms with van der Waals surface area (Å²) in [5.74, 6) is -0.609. The third kappa shape index (κ3) is 11.3. The molecule has 0 radical (unpaired) electrons. The van der Waals surface area contributed by atoms with Gasteiger partial charge in [-0.3, -0.25) is 38.8 Å². The molecule has 1 atom stereocenters. The number of carbonyl (C=O) groups excluding carboxylic acids is 6. The van der Waals surface area contributed by atoms with Crippen molar-refractivity contribution in [3.8, 4) is 23.3 Å². The molecule has 3 heterocycles. The molecule has 65 heavy (non-hydrogen) atoms. The highest BCUT2D eigenvalue weighted by atomic mass is 35.5. The summed E-state index contributed by atoms with van der Waals surface area (Å²) >= 11 is 12.7. The number of piperazine rings is 1. The molecule has 6 rings (SSSR count). The van der Waals surface area contributed by atoms with E-state index in [1.165, 1.54) is 33.5 Å². The molecule has 0 bridgehead atoms. The van der Waals surface area contributed by atoms with Gasteiger partial charge in [0, 0.05) is 102 Å². The number of aromatic nitrogens is 1. The number of nitrogens with one attached hydrogen (secondary N) is 4. The fourth-order valence-electron chi connectivity index (χ4n) is 7.58. The van der Waals surface area contributed by atoms with Gasteiger partial charge in [0.2, 0.25) is 17.7 Å². The first-order valence-electron chi connectivity index (χ1n) is 20.9. The van der Waals surface area contributed by atoms with Gasteiger partial charge in [0.05, 0.1) is 70.5 Å². The first-order chi connectivity index (χ1) is 31.4. The largest absolute Gasteiger partial charge is 0.495 e. The minimum absolute atomic E-state index is 0.00109. The summed E-state index contributed by atoms with van der Waals surface area (Å²) in [4.78, 5) is 84.9. The predicted molar refractivity (Wildman–Crippen MR) is 243 cm³/mol. The van der Waals surface area contributed by atoms with E-state index in [4.69, 9.17) is 37.4 Å². The van der Waals surface area contributed by atoms with Crippen LogP contribution in [0, 0.1) is 11.3 Å². The lowest BCUT2D eigenvalue weighted by Crippen LogP contribution is -2.49. The van der Waals surface area contributed by atoms with Crippen molar-refractivity contribution in [1.29, 1.82) is 5.26 Å². The number of nitrogens with zero attached hydrogens (tertiary/aromatic N) is 5. The Labute approximate surface area is 385 Å². The summed E-state index contributed by atoms with van der Waals surface area (Å²) in [6, 6.07) is 12.5. The minimum Gasteiger partial charge on any atom is -0.495 e. The normalized spacial score (nSPS) is 14.0. The van der Waals surface area contributed by atoms with Gasteiger partial charge in [-0.05, 0) is 37.1 Å². The van der Waals surface area contributed by atoms with Crippen molar-refractivity contribution < 1.29 is 43.0 Å². The zero-order chi connectivity index (χ0) is 46.6. The van der Waals surface area contributed by atoms with Crippen LogP contribution in [0.25, 0.3) is 10.9 Å². The van der Waals surface area contributed by atoms with Crippen LogP contribution >= 0.6 is 23.2 Å². The quantitative estimate of drug-likeness (QED) is 0.0502. The molecule has 0 spiro atoms. The van der Waals surface area contributed by atoms with Gasteiger partial charge in [-0.1, -0.05) is 29.3 Å². The molecule has 5 amide bonds. The van der Waals surface area contributed by atoms with Crippen molar-refractivity contribution in [2.75, 3.05) is 84.3 Å². The second-order valence-corrected chi connectivity index (χ2v) is 15.9. The van der Waals surface area contributed by atoms with E-state index in [1.807, 2.05) is 0 Å². The van der Waals surface area contributed by atoms with E-state index in [0.29, 0.717) is 106 Å². The molecule has 1 saturated heterocycles. The van der Waals surface area contributed by atoms with Crippen LogP contribution in [-0.2, 0) is 19.2 Å². The van der Waals surface area contributed by atoms with E-state index >= 15 is 0 Å². The number of hydrogen-bond donors (Lipinski definition) is 4. The Balaban J connectivity index is 0.908. The van der Waals surface area contributed by atoms with Crippen LogP contribution in [-0.4, -0.2) is 135 Å². The van der Waals surface area contributed by atoms with Crippen molar-refractivity contribution in [3.05, 3.63) is 75.4 Å². The molecular formula is C45H49Cl2N9O9. The SMILES string of the molecule is CNC(=O)CCC(C=O)N1C(=O)c2cccc(NCCNC(=O)CCC(=O)N3CCN(CCCOc4cc5ncc(C#N)c(Nc6cc(OC)c(Cl)cc6Cl)c5cc4OC)CC3)c2C1=O. The third-order valence-electron chi connectivity index (χ3n) is 11.1. The smallest absolute Gasteiger partial charge is 0.264 e. The third-order valence-corrected chi connectivity index (χ3v) is 11.7. The minimum atomic E-state index is -1.09. The van der Waals surface area contributed by atoms with Crippen LogP contribution in [0.4, 0.5) is 17.1 Å². The van der Waals surface area contributed by atoms with Crippen molar-refractivity contribution in [2.45, 2.75) is 38.1 Å². The predicted octanol–water partition coefficient (Wildman–Crippen LogP) is 4.79. The summed E-state index contributed by atoms with van der Waals surface area (Å²) in [6.07, 6.45) is 2.71. The Kier molecular flexibility index (Phi) is 16.4. The van der Waals surface area contributed by atoms with Crippen molar-refractivity contribution in [2.24, 2.45) is 0 Å². The molecule has 2 aliphatic heterocycles. The van der Waals surface area contributed by atoms with Crippen LogP contribution in [0.15, 0.2) is 48.7 Å². The van der Waals surface area contributed by atoms with Gasteiger partial charge in [-0.2, -0.15) is 5.26 Å². The first kappa shape index (κ1) is 47.8. The number of fused-ring (bicyclic) bond motifs is 2. The zero-order valence-electron chi connectivity index (χ0n) is 36.1. The molecule has 1 unspecified atom stereocenters. The van der Waals surface area contributed by atoms with Gasteiger partial charge in [0.15, 0.2) is 11.5 Å². The fourth-order valence-corrected chi connectivity index (χ4v) is 8.09. The standard InChI is InChI=1S/C45H49Cl2N9O9/c1-49-39(58)9-8-28(26-57)56-44(61)29-6-4-7-33(42(29)45(56)62)50-12-13-51-40(59)10-11-41(60)55-17-15-54(16-18-55)14-5-19-65-38-22-34-30(20-37(38)64-3)43(27(24-48)25-52-34)53-35-23-36(63-2)32(47)21-31(35)46/h4,6-7,20-23,25-26,28,50H,5,8-19H2,1-3H3,(H,49,58)(H,51,59)(H,52,53). The van der Waals surface area contributed by atoms with Gasteiger partial charge in [-0.15, -0.1) is 0 Å². The lowest BCUT2D eigenvalue weighted by molar-refractivity contribution is -0.135. The maximum atomic E-state index is 13.3. The summed E-state index contributed by atoms with van der Waals surface area (Å²) in [6.45, 7) is 3.97. The second-order valence-electron chi connectivity index (χ2n) is 15.1. The molecule has 1 aromatic heterocycles. The molecule has 4 aromatic rings. The second kappa shape index (κ2) is 22.3. The number of rotatable bonds is 21. The number of benzene rings is 3. The molecule has 18 nitrogen and oxygen atoms in total. The van der Waals surface area contributed by atoms with Crippen LogP contribution in [0.3, 0.4) is 0 Å². The molecule has 4 N–H and O–H groups in total. The number of ether oxygens (including phenoxy) is 3. The number of methoxy groups -OCH3 is 2. The first-order valence-corrected chi connectivity index (χ1v) is 21.7.